The predicted molar refractivity (Wildman–Crippen MR) is 71.7 cm³/mol. The minimum Gasteiger partial charge on any atom is -0.382 e. The Balaban J connectivity index is 1.73. The molecule has 0 aliphatic heterocycles. The molecule has 0 saturated heterocycles. The van der Waals surface area contributed by atoms with Crippen molar-refractivity contribution in [1.82, 2.24) is 0 Å². The number of nitrogens with one attached hydrogen (secondary N) is 1. The van der Waals surface area contributed by atoms with E-state index in [9.17, 15) is 4.39 Å². The summed E-state index contributed by atoms with van der Waals surface area (Å²) in [6.07, 6.45) is 5.20. The van der Waals surface area contributed by atoms with E-state index in [1.807, 2.05) is 6.07 Å². The van der Waals surface area contributed by atoms with Gasteiger partial charge in [0.05, 0.1) is 15.7 Å². The molecule has 2 aliphatic carbocycles. The zero-order valence-corrected chi connectivity index (χ0v) is 11.6. The van der Waals surface area contributed by atoms with E-state index in [4.69, 9.17) is 5.26 Å². The van der Waals surface area contributed by atoms with E-state index < -0.39 is 0 Å². The Morgan fingerprint density at radius 3 is 2.72 bits per heavy atom. The van der Waals surface area contributed by atoms with Gasteiger partial charge >= 0.3 is 0 Å². The van der Waals surface area contributed by atoms with Crippen LogP contribution in [0.25, 0.3) is 0 Å². The van der Waals surface area contributed by atoms with Crippen LogP contribution in [0.4, 0.5) is 10.1 Å². The van der Waals surface area contributed by atoms with Crippen molar-refractivity contribution in [3.8, 4) is 6.07 Å². The lowest BCUT2D eigenvalue weighted by Gasteiger charge is -2.16. The molecule has 1 N–H and O–H groups in total. The van der Waals surface area contributed by atoms with Crippen molar-refractivity contribution in [2.45, 2.75) is 25.7 Å². The van der Waals surface area contributed by atoms with Gasteiger partial charge in [-0.1, -0.05) is 0 Å². The Morgan fingerprint density at radius 2 is 2.17 bits per heavy atom. The Hall–Kier alpha value is -1.08. The maximum Gasteiger partial charge on any atom is 0.161 e. The van der Waals surface area contributed by atoms with Crippen LogP contribution in [0.2, 0.25) is 0 Å². The third-order valence-corrected chi connectivity index (χ3v) is 4.94. The van der Waals surface area contributed by atoms with Gasteiger partial charge in [-0.3, -0.25) is 0 Å². The number of halogens is 2. The summed E-state index contributed by atoms with van der Waals surface area (Å²) in [5.41, 5.74) is 1.27. The molecule has 1 aromatic carbocycles. The van der Waals surface area contributed by atoms with E-state index in [2.05, 4.69) is 21.2 Å². The fourth-order valence-corrected chi connectivity index (χ4v) is 3.06. The van der Waals surface area contributed by atoms with Gasteiger partial charge in [-0.2, -0.15) is 5.26 Å². The van der Waals surface area contributed by atoms with E-state index in [-0.39, 0.29) is 10.3 Å². The van der Waals surface area contributed by atoms with Crippen LogP contribution < -0.4 is 5.32 Å². The molecule has 0 radical (unpaired) electrons. The van der Waals surface area contributed by atoms with E-state index in [1.165, 1.54) is 25.7 Å². The van der Waals surface area contributed by atoms with Crippen LogP contribution in [0.3, 0.4) is 0 Å². The molecular formula is C14H14BrFN2. The molecule has 2 saturated carbocycles. The summed E-state index contributed by atoms with van der Waals surface area (Å²) < 4.78 is 14.3. The zero-order chi connectivity index (χ0) is 12.8. The van der Waals surface area contributed by atoms with Gasteiger partial charge in [0.2, 0.25) is 0 Å². The summed E-state index contributed by atoms with van der Waals surface area (Å²) in [7, 11) is 0. The van der Waals surface area contributed by atoms with Crippen molar-refractivity contribution < 1.29 is 4.39 Å². The van der Waals surface area contributed by atoms with E-state index >= 15 is 0 Å². The standard InChI is InChI=1S/C14H14BrFN2/c15-12-9(7-17)1-4-11(13(12)16)18-8-14(5-6-14)10-2-3-10/h1,4,10,18H,2-3,5-6,8H2. The van der Waals surface area contributed by atoms with Crippen molar-refractivity contribution in [2.75, 3.05) is 11.9 Å². The van der Waals surface area contributed by atoms with E-state index in [0.29, 0.717) is 16.7 Å². The molecule has 0 unspecified atom stereocenters. The van der Waals surface area contributed by atoms with Gasteiger partial charge in [0.1, 0.15) is 6.07 Å². The molecule has 2 aliphatic rings. The second kappa shape index (κ2) is 4.24. The fraction of sp³-hybridized carbons (Fsp3) is 0.500. The highest BCUT2D eigenvalue weighted by molar-refractivity contribution is 9.10. The topological polar surface area (TPSA) is 35.8 Å². The van der Waals surface area contributed by atoms with Gasteiger partial charge in [-0.15, -0.1) is 0 Å². The summed E-state index contributed by atoms with van der Waals surface area (Å²) in [6.45, 7) is 0.854. The quantitative estimate of drug-likeness (QED) is 0.910. The minimum absolute atomic E-state index is 0.256. The number of hydrogen-bond donors (Lipinski definition) is 1. The highest BCUT2D eigenvalue weighted by Gasteiger charge is 2.53. The zero-order valence-electron chi connectivity index (χ0n) is 9.97. The van der Waals surface area contributed by atoms with Crippen molar-refractivity contribution in [2.24, 2.45) is 11.3 Å². The molecule has 0 amide bonds. The number of hydrogen-bond acceptors (Lipinski definition) is 2. The first-order valence-corrected chi connectivity index (χ1v) is 7.07. The van der Waals surface area contributed by atoms with Crippen LogP contribution in [-0.2, 0) is 0 Å². The Kier molecular flexibility index (Phi) is 2.82. The van der Waals surface area contributed by atoms with Crippen LogP contribution in [0.15, 0.2) is 16.6 Å². The number of rotatable bonds is 4. The second-order valence-corrected chi connectivity index (χ2v) is 6.18. The SMILES string of the molecule is N#Cc1ccc(NCC2(C3CC3)CC2)c(F)c1Br. The van der Waals surface area contributed by atoms with Crippen molar-refractivity contribution in [3.05, 3.63) is 28.0 Å². The maximum absolute atomic E-state index is 14.0. The first-order chi connectivity index (χ1) is 8.66. The molecule has 18 heavy (non-hydrogen) atoms. The van der Waals surface area contributed by atoms with Crippen molar-refractivity contribution >= 4 is 21.6 Å². The largest absolute Gasteiger partial charge is 0.382 e. The molecule has 2 nitrogen and oxygen atoms in total. The molecule has 0 bridgehead atoms. The first-order valence-electron chi connectivity index (χ1n) is 6.28. The molecule has 1 aromatic rings. The van der Waals surface area contributed by atoms with Crippen molar-refractivity contribution in [3.63, 3.8) is 0 Å². The summed E-state index contributed by atoms with van der Waals surface area (Å²) >= 11 is 3.13. The lowest BCUT2D eigenvalue weighted by Crippen LogP contribution is -2.18. The Labute approximate surface area is 114 Å². The monoisotopic (exact) mass is 308 g/mol. The van der Waals surface area contributed by atoms with Crippen LogP contribution in [0.5, 0.6) is 0 Å². The summed E-state index contributed by atoms with van der Waals surface area (Å²) in [4.78, 5) is 0. The molecule has 0 spiro atoms. The third-order valence-electron chi connectivity index (χ3n) is 4.17. The molecule has 0 aromatic heterocycles. The number of nitrogens with zero attached hydrogens (tertiary/aromatic N) is 1. The van der Waals surface area contributed by atoms with E-state index in [0.717, 1.165) is 12.5 Å². The lowest BCUT2D eigenvalue weighted by atomic mass is 10.0. The minimum atomic E-state index is -0.361. The molecular weight excluding hydrogens is 295 g/mol. The molecule has 0 atom stereocenters. The first kappa shape index (κ1) is 12.0. The molecule has 3 rings (SSSR count). The third kappa shape index (κ3) is 2.01. The average Bonchev–Trinajstić information content (AvgIpc) is 3.24. The maximum atomic E-state index is 14.0. The van der Waals surface area contributed by atoms with Gasteiger partial charge in [-0.25, -0.2) is 4.39 Å². The van der Waals surface area contributed by atoms with Gasteiger partial charge < -0.3 is 5.32 Å². The van der Waals surface area contributed by atoms with Crippen LogP contribution >= 0.6 is 15.9 Å². The summed E-state index contributed by atoms with van der Waals surface area (Å²) in [5.74, 6) is 0.496. The van der Waals surface area contributed by atoms with Crippen LogP contribution in [0.1, 0.15) is 31.2 Å². The molecule has 4 heteroatoms. The Morgan fingerprint density at radius 1 is 1.44 bits per heavy atom. The predicted octanol–water partition coefficient (Wildman–Crippen LogP) is 4.06. The number of nitriles is 1. The number of anilines is 1. The molecule has 2 fully saturated rings. The van der Waals surface area contributed by atoms with E-state index in [1.54, 1.807) is 12.1 Å². The highest BCUT2D eigenvalue weighted by atomic mass is 79.9. The van der Waals surface area contributed by atoms with Gasteiger partial charge in [0.15, 0.2) is 5.82 Å². The smallest absolute Gasteiger partial charge is 0.161 e. The Bertz CT molecular complexity index is 527. The second-order valence-electron chi connectivity index (χ2n) is 5.39. The van der Waals surface area contributed by atoms with Gasteiger partial charge in [-0.05, 0) is 65.1 Å². The summed E-state index contributed by atoms with van der Waals surface area (Å²) in [6, 6.07) is 5.26. The molecule has 0 heterocycles. The highest BCUT2D eigenvalue weighted by Crippen LogP contribution is 2.61. The molecule has 94 valence electrons. The number of benzene rings is 1. The summed E-state index contributed by atoms with van der Waals surface area (Å²) in [5, 5.41) is 12.0. The fourth-order valence-electron chi connectivity index (χ4n) is 2.63. The van der Waals surface area contributed by atoms with Crippen LogP contribution in [0, 0.1) is 28.5 Å². The van der Waals surface area contributed by atoms with Crippen LogP contribution in [-0.4, -0.2) is 6.54 Å². The van der Waals surface area contributed by atoms with Gasteiger partial charge in [0, 0.05) is 6.54 Å². The lowest BCUT2D eigenvalue weighted by molar-refractivity contribution is 0.465. The average molecular weight is 309 g/mol. The normalized spacial score (nSPS) is 20.3. The van der Waals surface area contributed by atoms with Gasteiger partial charge in [0.25, 0.3) is 0 Å². The van der Waals surface area contributed by atoms with Crippen molar-refractivity contribution in [1.29, 1.82) is 5.26 Å².